The second-order valence-electron chi connectivity index (χ2n) is 12.2. The van der Waals surface area contributed by atoms with Crippen molar-refractivity contribution in [2.24, 2.45) is 5.92 Å². The molecule has 232 valence electrons. The van der Waals surface area contributed by atoms with E-state index in [-0.39, 0.29) is 6.61 Å². The first-order valence-electron chi connectivity index (χ1n) is 15.0. The lowest BCUT2D eigenvalue weighted by Gasteiger charge is -2.19. The van der Waals surface area contributed by atoms with Gasteiger partial charge in [-0.1, -0.05) is 36.4 Å². The normalized spacial score (nSPS) is 16.8. The zero-order valence-electron chi connectivity index (χ0n) is 26.0. The highest BCUT2D eigenvalue weighted by molar-refractivity contribution is 7.18. The average Bonchev–Trinajstić information content (AvgIpc) is 3.54. The van der Waals surface area contributed by atoms with Crippen LogP contribution in [0, 0.1) is 12.8 Å². The molecule has 4 aromatic rings. The van der Waals surface area contributed by atoms with Crippen molar-refractivity contribution in [3.63, 3.8) is 0 Å². The average molecular weight is 607 g/mol. The molecule has 0 bridgehead atoms. The fourth-order valence-electron chi connectivity index (χ4n) is 5.38. The summed E-state index contributed by atoms with van der Waals surface area (Å²) < 4.78 is 1.20. The SMILES string of the molecule is CC(C)(O)O.Cc1nc(NCc2cccc(CN(C)C)c2)nc(N[C@H]2CCC(CCO)C2)c1Cc1nc2ccccc2s1. The molecule has 2 aromatic heterocycles. The smallest absolute Gasteiger partial charge is 0.225 e. The van der Waals surface area contributed by atoms with Gasteiger partial charge in [-0.15, -0.1) is 11.3 Å². The number of thiazole rings is 1. The highest BCUT2D eigenvalue weighted by Gasteiger charge is 2.26. The van der Waals surface area contributed by atoms with Gasteiger partial charge in [0.15, 0.2) is 5.79 Å². The lowest BCUT2D eigenvalue weighted by molar-refractivity contribution is -0.127. The number of anilines is 2. The summed E-state index contributed by atoms with van der Waals surface area (Å²) in [6.07, 6.45) is 4.87. The molecule has 1 unspecified atom stereocenters. The van der Waals surface area contributed by atoms with Crippen molar-refractivity contribution in [2.45, 2.75) is 77.8 Å². The second-order valence-corrected chi connectivity index (χ2v) is 13.3. The number of aliphatic hydroxyl groups excluding tert-OH is 1. The number of aliphatic hydroxyl groups is 3. The maximum absolute atomic E-state index is 9.40. The van der Waals surface area contributed by atoms with Gasteiger partial charge in [-0.25, -0.2) is 9.97 Å². The number of fused-ring (bicyclic) bond motifs is 1. The summed E-state index contributed by atoms with van der Waals surface area (Å²) >= 11 is 1.74. The highest BCUT2D eigenvalue weighted by atomic mass is 32.1. The van der Waals surface area contributed by atoms with E-state index in [2.05, 4.69) is 79.0 Å². The van der Waals surface area contributed by atoms with Crippen molar-refractivity contribution in [3.05, 3.63) is 75.9 Å². The fraction of sp³-hybridized carbons (Fsp3) is 0.485. The van der Waals surface area contributed by atoms with Crippen molar-refractivity contribution in [1.29, 1.82) is 0 Å². The van der Waals surface area contributed by atoms with E-state index in [1.165, 1.54) is 29.7 Å². The lowest BCUT2D eigenvalue weighted by Crippen LogP contribution is -2.20. The molecule has 5 rings (SSSR count). The summed E-state index contributed by atoms with van der Waals surface area (Å²) in [4.78, 5) is 16.9. The molecular formula is C33H46N6O3S. The Morgan fingerprint density at radius 3 is 2.47 bits per heavy atom. The van der Waals surface area contributed by atoms with Crippen molar-refractivity contribution < 1.29 is 15.3 Å². The van der Waals surface area contributed by atoms with Crippen LogP contribution in [-0.4, -0.2) is 67.7 Å². The molecule has 0 spiro atoms. The summed E-state index contributed by atoms with van der Waals surface area (Å²) in [5, 5.41) is 33.9. The third-order valence-electron chi connectivity index (χ3n) is 7.24. The Hall–Kier alpha value is -3.15. The van der Waals surface area contributed by atoms with Crippen LogP contribution >= 0.6 is 11.3 Å². The molecule has 1 saturated carbocycles. The summed E-state index contributed by atoms with van der Waals surface area (Å²) in [5.74, 6) is 0.608. The lowest BCUT2D eigenvalue weighted by atomic mass is 10.0. The predicted molar refractivity (Wildman–Crippen MR) is 175 cm³/mol. The molecular weight excluding hydrogens is 560 g/mol. The first kappa shape index (κ1) is 32.8. The van der Waals surface area contributed by atoms with Gasteiger partial charge in [-0.2, -0.15) is 4.98 Å². The monoisotopic (exact) mass is 606 g/mol. The van der Waals surface area contributed by atoms with Crippen molar-refractivity contribution in [3.8, 4) is 0 Å². The molecule has 0 amide bonds. The van der Waals surface area contributed by atoms with Crippen LogP contribution in [0.3, 0.4) is 0 Å². The van der Waals surface area contributed by atoms with Crippen molar-refractivity contribution in [2.75, 3.05) is 31.3 Å². The third kappa shape index (κ3) is 10.5. The van der Waals surface area contributed by atoms with Gasteiger partial charge in [-0.3, -0.25) is 0 Å². The highest BCUT2D eigenvalue weighted by Crippen LogP contribution is 2.33. The van der Waals surface area contributed by atoms with E-state index in [1.54, 1.807) is 11.3 Å². The van der Waals surface area contributed by atoms with E-state index in [0.717, 1.165) is 59.8 Å². The summed E-state index contributed by atoms with van der Waals surface area (Å²) in [5.41, 5.74) is 5.61. The van der Waals surface area contributed by atoms with Crippen LogP contribution in [0.5, 0.6) is 0 Å². The first-order chi connectivity index (χ1) is 20.5. The van der Waals surface area contributed by atoms with Crippen LogP contribution < -0.4 is 10.6 Å². The van der Waals surface area contributed by atoms with E-state index >= 15 is 0 Å². The number of nitrogens with one attached hydrogen (secondary N) is 2. The predicted octanol–water partition coefficient (Wildman–Crippen LogP) is 5.33. The molecule has 2 atom stereocenters. The van der Waals surface area contributed by atoms with Crippen LogP contribution in [0.1, 0.15) is 66.9 Å². The Morgan fingerprint density at radius 1 is 1.00 bits per heavy atom. The molecule has 1 aliphatic rings. The standard InChI is InChI=1S/C30H38N6OS.C3H8O2/c1-20-25(17-28-34-26-9-4-5-10-27(26)38-28)29(33-24-12-11-21(16-24)13-14-37)35-30(32-20)31-18-22-7-6-8-23(15-22)19-36(2)3;1-3(2,4)5/h4-10,15,21,24,37H,11-14,16-19H2,1-3H3,(H2,31,32,33,35);4-5H,1-2H3/t21?,24-;/m0./s1. The van der Waals surface area contributed by atoms with Gasteiger partial charge < -0.3 is 30.9 Å². The molecule has 5 N–H and O–H groups in total. The van der Waals surface area contributed by atoms with Gasteiger partial charge >= 0.3 is 0 Å². The number of hydrogen-bond donors (Lipinski definition) is 5. The number of para-hydroxylation sites is 1. The molecule has 0 aliphatic heterocycles. The minimum absolute atomic E-state index is 0.261. The maximum Gasteiger partial charge on any atom is 0.225 e. The Morgan fingerprint density at radius 2 is 1.74 bits per heavy atom. The molecule has 10 heteroatoms. The number of aryl methyl sites for hydroxylation is 1. The molecule has 0 radical (unpaired) electrons. The molecule has 1 fully saturated rings. The van der Waals surface area contributed by atoms with E-state index in [1.807, 2.05) is 6.07 Å². The maximum atomic E-state index is 9.40. The number of nitrogens with zero attached hydrogens (tertiary/aromatic N) is 4. The number of benzene rings is 2. The van der Waals surface area contributed by atoms with Gasteiger partial charge in [-0.05, 0) is 89.7 Å². The van der Waals surface area contributed by atoms with E-state index in [9.17, 15) is 5.11 Å². The Labute approximate surface area is 259 Å². The summed E-state index contributed by atoms with van der Waals surface area (Å²) in [7, 11) is 4.17. The second kappa shape index (κ2) is 15.0. The van der Waals surface area contributed by atoms with E-state index in [0.29, 0.717) is 30.9 Å². The molecule has 9 nitrogen and oxygen atoms in total. The Balaban J connectivity index is 0.000000782. The quantitative estimate of drug-likeness (QED) is 0.144. The van der Waals surface area contributed by atoms with Gasteiger partial charge in [0.1, 0.15) is 5.82 Å². The zero-order valence-corrected chi connectivity index (χ0v) is 26.8. The number of aromatic nitrogens is 3. The zero-order chi connectivity index (χ0) is 31.0. The van der Waals surface area contributed by atoms with Gasteiger partial charge in [0.05, 0.1) is 15.2 Å². The van der Waals surface area contributed by atoms with Gasteiger partial charge in [0.25, 0.3) is 0 Å². The molecule has 2 heterocycles. The minimum atomic E-state index is -1.50. The summed E-state index contributed by atoms with van der Waals surface area (Å²) in [6, 6.07) is 17.3. The van der Waals surface area contributed by atoms with Gasteiger partial charge in [0, 0.05) is 43.4 Å². The van der Waals surface area contributed by atoms with Crippen LogP contribution in [0.15, 0.2) is 48.5 Å². The number of hydrogen-bond acceptors (Lipinski definition) is 10. The van der Waals surface area contributed by atoms with Crippen LogP contribution in [-0.2, 0) is 19.5 Å². The molecule has 2 aromatic carbocycles. The van der Waals surface area contributed by atoms with Crippen LogP contribution in [0.4, 0.5) is 11.8 Å². The van der Waals surface area contributed by atoms with Crippen molar-refractivity contribution in [1.82, 2.24) is 19.9 Å². The van der Waals surface area contributed by atoms with E-state index < -0.39 is 5.79 Å². The first-order valence-corrected chi connectivity index (χ1v) is 15.8. The Kier molecular flexibility index (Phi) is 11.5. The van der Waals surface area contributed by atoms with E-state index in [4.69, 9.17) is 25.2 Å². The van der Waals surface area contributed by atoms with Crippen molar-refractivity contribution >= 4 is 33.3 Å². The molecule has 43 heavy (non-hydrogen) atoms. The fourth-order valence-corrected chi connectivity index (χ4v) is 6.36. The minimum Gasteiger partial charge on any atom is -0.396 e. The Bertz CT molecular complexity index is 1430. The number of rotatable bonds is 11. The van der Waals surface area contributed by atoms with Gasteiger partial charge in [0.2, 0.25) is 5.95 Å². The molecule has 0 saturated heterocycles. The summed E-state index contributed by atoms with van der Waals surface area (Å²) in [6.45, 7) is 6.51. The third-order valence-corrected chi connectivity index (χ3v) is 8.28. The largest absolute Gasteiger partial charge is 0.396 e. The molecule has 1 aliphatic carbocycles. The topological polar surface area (TPSA) is 127 Å². The van der Waals surface area contributed by atoms with Crippen LogP contribution in [0.25, 0.3) is 10.2 Å². The van der Waals surface area contributed by atoms with Crippen LogP contribution in [0.2, 0.25) is 0 Å².